The second-order valence-corrected chi connectivity index (χ2v) is 6.64. The van der Waals surface area contributed by atoms with E-state index in [2.05, 4.69) is 6.92 Å². The van der Waals surface area contributed by atoms with Crippen LogP contribution in [0.5, 0.6) is 5.75 Å². The van der Waals surface area contributed by atoms with E-state index in [0.29, 0.717) is 11.4 Å². The lowest BCUT2D eigenvalue weighted by Crippen LogP contribution is -2.03. The van der Waals surface area contributed by atoms with E-state index in [1.54, 1.807) is 6.26 Å². The molecule has 0 aliphatic rings. The molecule has 4 heteroatoms. The summed E-state index contributed by atoms with van der Waals surface area (Å²) in [5.74, 6) is 1.32. The van der Waals surface area contributed by atoms with Gasteiger partial charge in [-0.2, -0.15) is 0 Å². The molecule has 0 saturated carbocycles. The Bertz CT molecular complexity index is 421. The summed E-state index contributed by atoms with van der Waals surface area (Å²) in [5, 5.41) is 0. The summed E-state index contributed by atoms with van der Waals surface area (Å²) >= 11 is 0. The zero-order chi connectivity index (χ0) is 14.8. The zero-order valence-corrected chi connectivity index (χ0v) is 13.5. The minimum Gasteiger partial charge on any atom is -0.493 e. The summed E-state index contributed by atoms with van der Waals surface area (Å²) in [7, 11) is -0.883. The molecule has 0 heterocycles. The van der Waals surface area contributed by atoms with Crippen molar-refractivity contribution < 1.29 is 8.95 Å². The van der Waals surface area contributed by atoms with Crippen molar-refractivity contribution in [3.63, 3.8) is 0 Å². The summed E-state index contributed by atoms with van der Waals surface area (Å²) in [4.78, 5) is 0. The second kappa shape index (κ2) is 9.81. The van der Waals surface area contributed by atoms with E-state index in [1.165, 1.54) is 32.1 Å². The van der Waals surface area contributed by atoms with Gasteiger partial charge in [-0.25, -0.2) is 0 Å². The van der Waals surface area contributed by atoms with E-state index in [9.17, 15) is 4.21 Å². The number of hydrogen-bond acceptors (Lipinski definition) is 3. The van der Waals surface area contributed by atoms with Crippen LogP contribution in [-0.2, 0) is 16.6 Å². The molecule has 0 aliphatic heterocycles. The fraction of sp³-hybridized carbons (Fsp3) is 0.625. The summed E-state index contributed by atoms with van der Waals surface area (Å²) in [5.41, 5.74) is 7.41. The second-order valence-electron chi connectivity index (χ2n) is 5.20. The molecule has 114 valence electrons. The van der Waals surface area contributed by atoms with E-state index < -0.39 is 10.8 Å². The number of hydrogen-bond donors (Lipinski definition) is 1. The first-order valence-corrected chi connectivity index (χ1v) is 9.17. The fourth-order valence-corrected chi connectivity index (χ4v) is 2.80. The van der Waals surface area contributed by atoms with Crippen LogP contribution in [0.2, 0.25) is 0 Å². The molecule has 0 aromatic heterocycles. The van der Waals surface area contributed by atoms with Gasteiger partial charge in [0.05, 0.1) is 12.4 Å². The molecule has 20 heavy (non-hydrogen) atoms. The number of nitrogen functional groups attached to an aromatic ring is 1. The Kier molecular flexibility index (Phi) is 8.35. The maximum absolute atomic E-state index is 11.4. The molecule has 0 spiro atoms. The minimum absolute atomic E-state index is 0.497. The fourth-order valence-electron chi connectivity index (χ4n) is 2.14. The van der Waals surface area contributed by atoms with Gasteiger partial charge < -0.3 is 10.5 Å². The van der Waals surface area contributed by atoms with Crippen molar-refractivity contribution in [1.82, 2.24) is 0 Å². The molecule has 1 aromatic carbocycles. The van der Waals surface area contributed by atoms with Crippen LogP contribution in [0.25, 0.3) is 0 Å². The van der Waals surface area contributed by atoms with E-state index in [1.807, 2.05) is 18.2 Å². The van der Waals surface area contributed by atoms with E-state index in [4.69, 9.17) is 10.5 Å². The van der Waals surface area contributed by atoms with Crippen LogP contribution in [0.4, 0.5) is 5.69 Å². The maximum Gasteiger partial charge on any atom is 0.123 e. The number of rotatable bonds is 10. The third-order valence-corrected chi connectivity index (χ3v) is 3.92. The van der Waals surface area contributed by atoms with Gasteiger partial charge in [-0.05, 0) is 24.6 Å². The average molecular weight is 297 g/mol. The molecular formula is C16H27NO2S. The van der Waals surface area contributed by atoms with Crippen LogP contribution in [0.15, 0.2) is 18.2 Å². The van der Waals surface area contributed by atoms with Crippen LogP contribution < -0.4 is 10.5 Å². The molecule has 3 nitrogen and oxygen atoms in total. The number of benzene rings is 1. The number of anilines is 1. The molecule has 0 unspecified atom stereocenters. The Morgan fingerprint density at radius 3 is 2.55 bits per heavy atom. The predicted octanol–water partition coefficient (Wildman–Crippen LogP) is 3.89. The van der Waals surface area contributed by atoms with Gasteiger partial charge in [0.1, 0.15) is 5.75 Å². The quantitative estimate of drug-likeness (QED) is 0.526. The molecule has 0 bridgehead atoms. The predicted molar refractivity (Wildman–Crippen MR) is 87.5 cm³/mol. The van der Waals surface area contributed by atoms with Crippen molar-refractivity contribution >= 4 is 16.5 Å². The SMILES string of the molecule is CCCCCCCCOc1ccc(N)cc1C[S@](C)=O. The molecule has 1 aromatic rings. The lowest BCUT2D eigenvalue weighted by atomic mass is 10.1. The van der Waals surface area contributed by atoms with Gasteiger partial charge in [0, 0.05) is 28.3 Å². The van der Waals surface area contributed by atoms with E-state index >= 15 is 0 Å². The van der Waals surface area contributed by atoms with Gasteiger partial charge in [0.15, 0.2) is 0 Å². The standard InChI is InChI=1S/C16H27NO2S/c1-3-4-5-6-7-8-11-19-16-10-9-15(17)12-14(16)13-20(2)18/h9-10,12H,3-8,11,13,17H2,1-2H3/t20-/m0/s1. The first-order chi connectivity index (χ1) is 9.63. The maximum atomic E-state index is 11.4. The van der Waals surface area contributed by atoms with Crippen molar-refractivity contribution in [2.45, 2.75) is 51.2 Å². The third kappa shape index (κ3) is 6.94. The van der Waals surface area contributed by atoms with Crippen molar-refractivity contribution in [3.8, 4) is 5.75 Å². The summed E-state index contributed by atoms with van der Waals surface area (Å²) in [6.45, 7) is 2.95. The Morgan fingerprint density at radius 1 is 1.15 bits per heavy atom. The smallest absolute Gasteiger partial charge is 0.123 e. The summed E-state index contributed by atoms with van der Waals surface area (Å²) in [6.07, 6.45) is 9.18. The highest BCUT2D eigenvalue weighted by Gasteiger charge is 2.06. The molecular weight excluding hydrogens is 270 g/mol. The number of nitrogens with two attached hydrogens (primary N) is 1. The Hall–Kier alpha value is -1.03. The Balaban J connectivity index is 2.37. The van der Waals surface area contributed by atoms with E-state index in [-0.39, 0.29) is 0 Å². The lowest BCUT2D eigenvalue weighted by molar-refractivity contribution is 0.302. The van der Waals surface area contributed by atoms with Crippen molar-refractivity contribution in [3.05, 3.63) is 23.8 Å². The van der Waals surface area contributed by atoms with Gasteiger partial charge in [-0.3, -0.25) is 4.21 Å². The van der Waals surface area contributed by atoms with Crippen LogP contribution >= 0.6 is 0 Å². The van der Waals surface area contributed by atoms with E-state index in [0.717, 1.165) is 24.3 Å². The number of unbranched alkanes of at least 4 members (excludes halogenated alkanes) is 5. The van der Waals surface area contributed by atoms with Crippen LogP contribution in [0, 0.1) is 0 Å². The van der Waals surface area contributed by atoms with Gasteiger partial charge >= 0.3 is 0 Å². The lowest BCUT2D eigenvalue weighted by Gasteiger charge is -2.11. The molecule has 0 amide bonds. The highest BCUT2D eigenvalue weighted by Crippen LogP contribution is 2.23. The van der Waals surface area contributed by atoms with Crippen LogP contribution in [-0.4, -0.2) is 17.1 Å². The highest BCUT2D eigenvalue weighted by atomic mass is 32.2. The highest BCUT2D eigenvalue weighted by molar-refractivity contribution is 7.83. The first-order valence-electron chi connectivity index (χ1n) is 7.44. The van der Waals surface area contributed by atoms with Gasteiger partial charge in [-0.1, -0.05) is 39.0 Å². The number of ether oxygens (including phenoxy) is 1. The zero-order valence-electron chi connectivity index (χ0n) is 12.7. The van der Waals surface area contributed by atoms with Gasteiger partial charge in [-0.15, -0.1) is 0 Å². The summed E-state index contributed by atoms with van der Waals surface area (Å²) < 4.78 is 17.2. The summed E-state index contributed by atoms with van der Waals surface area (Å²) in [6, 6.07) is 5.57. The Labute approximate surface area is 125 Å². The van der Waals surface area contributed by atoms with Gasteiger partial charge in [0.25, 0.3) is 0 Å². The van der Waals surface area contributed by atoms with Crippen LogP contribution in [0.1, 0.15) is 51.0 Å². The molecule has 2 N–H and O–H groups in total. The monoisotopic (exact) mass is 297 g/mol. The molecule has 0 aliphatic carbocycles. The Morgan fingerprint density at radius 2 is 1.85 bits per heavy atom. The largest absolute Gasteiger partial charge is 0.493 e. The first kappa shape index (κ1) is 17.0. The molecule has 0 fully saturated rings. The minimum atomic E-state index is -0.883. The third-order valence-electron chi connectivity index (χ3n) is 3.20. The molecule has 1 atom stereocenters. The van der Waals surface area contributed by atoms with Crippen molar-refractivity contribution in [2.75, 3.05) is 18.6 Å². The van der Waals surface area contributed by atoms with Crippen LogP contribution in [0.3, 0.4) is 0 Å². The normalized spacial score (nSPS) is 12.3. The topological polar surface area (TPSA) is 52.3 Å². The molecule has 1 rings (SSSR count). The molecule has 0 saturated heterocycles. The average Bonchev–Trinajstić information content (AvgIpc) is 2.39. The van der Waals surface area contributed by atoms with Crippen molar-refractivity contribution in [1.29, 1.82) is 0 Å². The molecule has 0 radical (unpaired) electrons. The van der Waals surface area contributed by atoms with Gasteiger partial charge in [0.2, 0.25) is 0 Å². The van der Waals surface area contributed by atoms with Crippen molar-refractivity contribution in [2.24, 2.45) is 0 Å².